The number of nitrogens with zero attached hydrogens (tertiary/aromatic N) is 2. The Balaban J connectivity index is 1.90. The fraction of sp³-hybridized carbons (Fsp3) is 0.938. The van der Waals surface area contributed by atoms with Crippen molar-refractivity contribution >= 4 is 5.97 Å². The summed E-state index contributed by atoms with van der Waals surface area (Å²) < 4.78 is 5.02. The standard InChI is InChI=1S/C16H31N3O2/c1-12-10-19(11-13(2)18(12)4)9-8-16(3,15(20)21-5)17-14-6-7-14/h12-14,17H,6-11H2,1-5H3. The Hall–Kier alpha value is -0.650. The van der Waals surface area contributed by atoms with Gasteiger partial charge in [-0.15, -0.1) is 0 Å². The fourth-order valence-corrected chi connectivity index (χ4v) is 3.21. The van der Waals surface area contributed by atoms with Gasteiger partial charge in [0.05, 0.1) is 7.11 Å². The molecule has 21 heavy (non-hydrogen) atoms. The number of likely N-dealkylation sites (N-methyl/N-ethyl adjacent to an activating group) is 1. The Morgan fingerprint density at radius 1 is 1.29 bits per heavy atom. The van der Waals surface area contributed by atoms with Gasteiger partial charge in [0.25, 0.3) is 0 Å². The number of piperazine rings is 1. The Morgan fingerprint density at radius 2 is 1.86 bits per heavy atom. The molecule has 3 unspecified atom stereocenters. The SMILES string of the molecule is COC(=O)C(C)(CCN1CC(C)N(C)C(C)C1)NC1CC1. The van der Waals surface area contributed by atoms with E-state index in [-0.39, 0.29) is 5.97 Å². The lowest BCUT2D eigenvalue weighted by molar-refractivity contribution is -0.148. The summed E-state index contributed by atoms with van der Waals surface area (Å²) in [6.07, 6.45) is 3.16. The van der Waals surface area contributed by atoms with Crippen molar-refractivity contribution in [2.45, 2.75) is 63.7 Å². The van der Waals surface area contributed by atoms with Crippen molar-refractivity contribution < 1.29 is 9.53 Å². The van der Waals surface area contributed by atoms with Crippen LogP contribution in [0.3, 0.4) is 0 Å². The van der Waals surface area contributed by atoms with E-state index in [4.69, 9.17) is 4.74 Å². The lowest BCUT2D eigenvalue weighted by atomic mass is 9.96. The first-order valence-corrected chi connectivity index (χ1v) is 8.16. The molecule has 2 aliphatic rings. The summed E-state index contributed by atoms with van der Waals surface area (Å²) in [5.74, 6) is -0.135. The molecule has 0 amide bonds. The van der Waals surface area contributed by atoms with Crippen LogP contribution >= 0.6 is 0 Å². The largest absolute Gasteiger partial charge is 0.468 e. The van der Waals surface area contributed by atoms with E-state index in [2.05, 4.69) is 36.0 Å². The zero-order valence-corrected chi connectivity index (χ0v) is 14.2. The smallest absolute Gasteiger partial charge is 0.325 e. The number of rotatable bonds is 6. The molecule has 1 saturated carbocycles. The Morgan fingerprint density at radius 3 is 2.33 bits per heavy atom. The first-order valence-electron chi connectivity index (χ1n) is 8.16. The quantitative estimate of drug-likeness (QED) is 0.744. The summed E-state index contributed by atoms with van der Waals surface area (Å²) >= 11 is 0. The molecular formula is C16H31N3O2. The average Bonchev–Trinajstić information content (AvgIpc) is 3.25. The molecule has 3 atom stereocenters. The molecule has 5 nitrogen and oxygen atoms in total. The molecule has 2 rings (SSSR count). The number of hydrogen-bond donors (Lipinski definition) is 1. The average molecular weight is 297 g/mol. The molecule has 2 fully saturated rings. The van der Waals surface area contributed by atoms with Gasteiger partial charge in [0.2, 0.25) is 0 Å². The molecular weight excluding hydrogens is 266 g/mol. The van der Waals surface area contributed by atoms with Crippen LogP contribution in [0.15, 0.2) is 0 Å². The Labute approximate surface area is 129 Å². The summed E-state index contributed by atoms with van der Waals surface area (Å²) in [5.41, 5.74) is -0.550. The van der Waals surface area contributed by atoms with Gasteiger partial charge in [-0.1, -0.05) is 0 Å². The van der Waals surface area contributed by atoms with E-state index < -0.39 is 5.54 Å². The normalized spacial score (nSPS) is 30.9. The molecule has 1 aliphatic heterocycles. The van der Waals surface area contributed by atoms with E-state index in [0.717, 1.165) is 26.1 Å². The molecule has 0 aromatic rings. The number of carbonyl (C=O) groups is 1. The van der Waals surface area contributed by atoms with Gasteiger partial charge in [0.1, 0.15) is 5.54 Å². The van der Waals surface area contributed by atoms with E-state index >= 15 is 0 Å². The molecule has 0 aromatic carbocycles. The maximum Gasteiger partial charge on any atom is 0.325 e. The third-order valence-corrected chi connectivity index (χ3v) is 5.10. The highest BCUT2D eigenvalue weighted by Gasteiger charge is 2.40. The number of hydrogen-bond acceptors (Lipinski definition) is 5. The van der Waals surface area contributed by atoms with Crippen LogP contribution < -0.4 is 5.32 Å². The second kappa shape index (κ2) is 6.63. The second-order valence-corrected chi connectivity index (χ2v) is 7.12. The predicted molar refractivity (Wildman–Crippen MR) is 84.3 cm³/mol. The molecule has 0 bridgehead atoms. The predicted octanol–water partition coefficient (Wildman–Crippen LogP) is 1.08. The topological polar surface area (TPSA) is 44.8 Å². The third-order valence-electron chi connectivity index (χ3n) is 5.10. The molecule has 1 saturated heterocycles. The third kappa shape index (κ3) is 4.18. The molecule has 1 heterocycles. The number of nitrogens with one attached hydrogen (secondary N) is 1. The first kappa shape index (κ1) is 16.7. The minimum Gasteiger partial charge on any atom is -0.468 e. The van der Waals surface area contributed by atoms with Gasteiger partial charge in [-0.3, -0.25) is 15.0 Å². The summed E-state index contributed by atoms with van der Waals surface area (Å²) in [4.78, 5) is 17.0. The minimum atomic E-state index is -0.550. The van der Waals surface area contributed by atoms with E-state index in [0.29, 0.717) is 18.1 Å². The zero-order valence-electron chi connectivity index (χ0n) is 14.2. The van der Waals surface area contributed by atoms with Crippen LogP contribution in [0.2, 0.25) is 0 Å². The summed E-state index contributed by atoms with van der Waals surface area (Å²) in [7, 11) is 3.68. The van der Waals surface area contributed by atoms with Gasteiger partial charge in [-0.2, -0.15) is 0 Å². The Bertz CT molecular complexity index is 361. The molecule has 122 valence electrons. The van der Waals surface area contributed by atoms with E-state index in [1.807, 2.05) is 6.92 Å². The Kier molecular flexibility index (Phi) is 5.28. The van der Waals surface area contributed by atoms with Crippen molar-refractivity contribution in [2.24, 2.45) is 0 Å². The van der Waals surface area contributed by atoms with Gasteiger partial charge < -0.3 is 9.64 Å². The van der Waals surface area contributed by atoms with Gasteiger partial charge in [0, 0.05) is 37.8 Å². The van der Waals surface area contributed by atoms with Gasteiger partial charge in [0.15, 0.2) is 0 Å². The van der Waals surface area contributed by atoms with Crippen molar-refractivity contribution in [2.75, 3.05) is 33.8 Å². The lowest BCUT2D eigenvalue weighted by Crippen LogP contribution is -2.57. The van der Waals surface area contributed by atoms with Crippen molar-refractivity contribution in [3.05, 3.63) is 0 Å². The van der Waals surface area contributed by atoms with Crippen LogP contribution in [0, 0.1) is 0 Å². The van der Waals surface area contributed by atoms with E-state index in [1.165, 1.54) is 20.0 Å². The zero-order chi connectivity index (χ0) is 15.6. The summed E-state index contributed by atoms with van der Waals surface area (Å²) in [6.45, 7) is 9.60. The van der Waals surface area contributed by atoms with Crippen molar-refractivity contribution in [3.63, 3.8) is 0 Å². The van der Waals surface area contributed by atoms with Gasteiger partial charge >= 0.3 is 5.97 Å². The van der Waals surface area contributed by atoms with Gasteiger partial charge in [-0.25, -0.2) is 0 Å². The van der Waals surface area contributed by atoms with Crippen LogP contribution in [-0.2, 0) is 9.53 Å². The highest BCUT2D eigenvalue weighted by Crippen LogP contribution is 2.25. The summed E-state index contributed by atoms with van der Waals surface area (Å²) in [6, 6.07) is 1.63. The highest BCUT2D eigenvalue weighted by molar-refractivity contribution is 5.80. The van der Waals surface area contributed by atoms with E-state index in [9.17, 15) is 4.79 Å². The van der Waals surface area contributed by atoms with Crippen LogP contribution in [0.25, 0.3) is 0 Å². The molecule has 1 N–H and O–H groups in total. The first-order chi connectivity index (χ1) is 9.85. The van der Waals surface area contributed by atoms with Crippen LogP contribution in [0.1, 0.15) is 40.0 Å². The summed E-state index contributed by atoms with van der Waals surface area (Å²) in [5, 5.41) is 3.48. The molecule has 5 heteroatoms. The molecule has 1 aliphatic carbocycles. The molecule has 0 aromatic heterocycles. The van der Waals surface area contributed by atoms with Crippen LogP contribution in [0.4, 0.5) is 0 Å². The lowest BCUT2D eigenvalue weighted by Gasteiger charge is -2.43. The van der Waals surface area contributed by atoms with E-state index in [1.54, 1.807) is 0 Å². The second-order valence-electron chi connectivity index (χ2n) is 7.12. The number of carbonyl (C=O) groups excluding carboxylic acids is 1. The van der Waals surface area contributed by atoms with Crippen molar-refractivity contribution in [3.8, 4) is 0 Å². The maximum absolute atomic E-state index is 12.1. The van der Waals surface area contributed by atoms with Gasteiger partial charge in [-0.05, 0) is 47.1 Å². The molecule has 0 spiro atoms. The van der Waals surface area contributed by atoms with Crippen LogP contribution in [0.5, 0.6) is 0 Å². The van der Waals surface area contributed by atoms with Crippen LogP contribution in [-0.4, -0.2) is 73.2 Å². The number of methoxy groups -OCH3 is 1. The minimum absolute atomic E-state index is 0.135. The monoisotopic (exact) mass is 297 g/mol. The number of ether oxygens (including phenoxy) is 1. The number of esters is 1. The van der Waals surface area contributed by atoms with Crippen molar-refractivity contribution in [1.29, 1.82) is 0 Å². The highest BCUT2D eigenvalue weighted by atomic mass is 16.5. The molecule has 0 radical (unpaired) electrons. The maximum atomic E-state index is 12.1. The van der Waals surface area contributed by atoms with Crippen molar-refractivity contribution in [1.82, 2.24) is 15.1 Å². The fourth-order valence-electron chi connectivity index (χ4n) is 3.21.